The van der Waals surface area contributed by atoms with Crippen LogP contribution in [-0.2, 0) is 0 Å². The van der Waals surface area contributed by atoms with E-state index < -0.39 is 18.0 Å². The number of carbonyl (C=O) groups excluding carboxylic acids is 1. The van der Waals surface area contributed by atoms with Gasteiger partial charge in [0.05, 0.1) is 11.8 Å². The number of rotatable bonds is 5. The highest BCUT2D eigenvalue weighted by atomic mass is 79.9. The van der Waals surface area contributed by atoms with E-state index in [0.717, 1.165) is 0 Å². The lowest BCUT2D eigenvalue weighted by Gasteiger charge is -2.14. The molecule has 1 rings (SSSR count). The Labute approximate surface area is 120 Å². The molecule has 3 N–H and O–H groups in total. The van der Waals surface area contributed by atoms with E-state index in [1.165, 1.54) is 12.1 Å². The quantitative estimate of drug-likeness (QED) is 0.775. The van der Waals surface area contributed by atoms with Gasteiger partial charge in [0.15, 0.2) is 0 Å². The third kappa shape index (κ3) is 6.02. The zero-order chi connectivity index (χ0) is 14.4. The van der Waals surface area contributed by atoms with Crippen molar-refractivity contribution in [3.05, 3.63) is 28.5 Å². The van der Waals surface area contributed by atoms with Crippen LogP contribution in [0, 0.1) is 11.7 Å². The number of halogens is 2. The second-order valence-electron chi connectivity index (χ2n) is 4.65. The number of hydrogen-bond acceptors (Lipinski definition) is 2. The molecule has 1 aromatic rings. The summed E-state index contributed by atoms with van der Waals surface area (Å²) in [6, 6.07) is 3.96. The molecule has 0 bridgehead atoms. The molecule has 1 aromatic carbocycles. The third-order valence-corrected chi connectivity index (χ3v) is 3.03. The van der Waals surface area contributed by atoms with Gasteiger partial charge in [0, 0.05) is 11.0 Å². The van der Waals surface area contributed by atoms with Gasteiger partial charge in [-0.05, 0) is 37.5 Å². The molecule has 106 valence electrons. The summed E-state index contributed by atoms with van der Waals surface area (Å²) in [4.78, 5) is 11.6. The Balaban J connectivity index is 2.43. The summed E-state index contributed by atoms with van der Waals surface area (Å²) in [5.41, 5.74) is 0.129. The van der Waals surface area contributed by atoms with E-state index in [1.807, 2.05) is 6.92 Å². The number of benzene rings is 1. The summed E-state index contributed by atoms with van der Waals surface area (Å²) < 4.78 is 14.1. The predicted octanol–water partition coefficient (Wildman–Crippen LogP) is 3.12. The minimum atomic E-state index is -0.499. The highest BCUT2D eigenvalue weighted by Gasteiger charge is 2.10. The zero-order valence-corrected chi connectivity index (χ0v) is 12.5. The molecule has 0 saturated heterocycles. The standard InChI is InChI=1S/C13H18BrFN2O2/c1-8(5-9(2)18)7-16-13(19)17-12-4-3-10(14)6-11(12)15/h3-4,6,8-9,18H,5,7H2,1-2H3,(H2,16,17,19). The molecule has 0 aromatic heterocycles. The van der Waals surface area contributed by atoms with Gasteiger partial charge in [-0.1, -0.05) is 22.9 Å². The molecule has 0 aliphatic rings. The Hall–Kier alpha value is -1.14. The third-order valence-electron chi connectivity index (χ3n) is 2.53. The number of urea groups is 1. The van der Waals surface area contributed by atoms with Gasteiger partial charge in [-0.15, -0.1) is 0 Å². The summed E-state index contributed by atoms with van der Waals surface area (Å²) in [6.07, 6.45) is 0.205. The molecule has 0 aliphatic heterocycles. The largest absolute Gasteiger partial charge is 0.393 e. The maximum Gasteiger partial charge on any atom is 0.319 e. The van der Waals surface area contributed by atoms with E-state index in [4.69, 9.17) is 0 Å². The molecular weight excluding hydrogens is 315 g/mol. The van der Waals surface area contributed by atoms with Crippen molar-refractivity contribution in [3.8, 4) is 0 Å². The fourth-order valence-corrected chi connectivity index (χ4v) is 2.02. The maximum absolute atomic E-state index is 13.5. The van der Waals surface area contributed by atoms with Crippen LogP contribution in [0.25, 0.3) is 0 Å². The van der Waals surface area contributed by atoms with Crippen molar-refractivity contribution in [2.24, 2.45) is 5.92 Å². The van der Waals surface area contributed by atoms with Crippen LogP contribution < -0.4 is 10.6 Å². The van der Waals surface area contributed by atoms with Gasteiger partial charge in [0.25, 0.3) is 0 Å². The number of amides is 2. The topological polar surface area (TPSA) is 61.4 Å². The zero-order valence-electron chi connectivity index (χ0n) is 10.9. The van der Waals surface area contributed by atoms with E-state index in [9.17, 15) is 14.3 Å². The number of hydrogen-bond donors (Lipinski definition) is 3. The van der Waals surface area contributed by atoms with Gasteiger partial charge >= 0.3 is 6.03 Å². The SMILES string of the molecule is CC(O)CC(C)CNC(=O)Nc1ccc(Br)cc1F. The van der Waals surface area contributed by atoms with Crippen LogP contribution in [-0.4, -0.2) is 23.8 Å². The number of carbonyl (C=O) groups is 1. The van der Waals surface area contributed by atoms with Gasteiger partial charge in [-0.25, -0.2) is 9.18 Å². The van der Waals surface area contributed by atoms with Gasteiger partial charge in [-0.2, -0.15) is 0 Å². The van der Waals surface area contributed by atoms with Crippen LogP contribution in [0.5, 0.6) is 0 Å². The normalized spacial score (nSPS) is 13.7. The molecular formula is C13H18BrFN2O2. The molecule has 19 heavy (non-hydrogen) atoms. The van der Waals surface area contributed by atoms with Crippen LogP contribution in [0.4, 0.5) is 14.9 Å². The highest BCUT2D eigenvalue weighted by molar-refractivity contribution is 9.10. The molecule has 4 nitrogen and oxygen atoms in total. The molecule has 0 aliphatic carbocycles. The van der Waals surface area contributed by atoms with Gasteiger partial charge in [0.2, 0.25) is 0 Å². The van der Waals surface area contributed by atoms with Crippen molar-refractivity contribution >= 4 is 27.6 Å². The predicted molar refractivity (Wildman–Crippen MR) is 76.6 cm³/mol. The second-order valence-corrected chi connectivity index (χ2v) is 5.56. The van der Waals surface area contributed by atoms with Crippen molar-refractivity contribution in [1.29, 1.82) is 0 Å². The van der Waals surface area contributed by atoms with Crippen LogP contribution in [0.15, 0.2) is 22.7 Å². The average molecular weight is 333 g/mol. The molecule has 2 atom stereocenters. The van der Waals surface area contributed by atoms with Gasteiger partial charge < -0.3 is 15.7 Å². The summed E-state index contributed by atoms with van der Waals surface area (Å²) in [5.74, 6) is -0.345. The summed E-state index contributed by atoms with van der Waals surface area (Å²) in [5, 5.41) is 14.3. The molecule has 0 saturated carbocycles. The Morgan fingerprint density at radius 3 is 2.74 bits per heavy atom. The first-order chi connectivity index (χ1) is 8.88. The molecule has 0 spiro atoms. The van der Waals surface area contributed by atoms with E-state index in [1.54, 1.807) is 13.0 Å². The fourth-order valence-electron chi connectivity index (χ4n) is 1.69. The maximum atomic E-state index is 13.5. The van der Waals surface area contributed by atoms with Crippen LogP contribution >= 0.6 is 15.9 Å². The second kappa shape index (κ2) is 7.45. The minimum absolute atomic E-state index is 0.129. The molecule has 2 unspecified atom stereocenters. The molecule has 2 amide bonds. The Kier molecular flexibility index (Phi) is 6.24. The molecule has 0 radical (unpaired) electrons. The highest BCUT2D eigenvalue weighted by Crippen LogP contribution is 2.19. The van der Waals surface area contributed by atoms with E-state index in [0.29, 0.717) is 17.4 Å². The van der Waals surface area contributed by atoms with Crippen molar-refractivity contribution in [2.45, 2.75) is 26.4 Å². The van der Waals surface area contributed by atoms with E-state index in [2.05, 4.69) is 26.6 Å². The van der Waals surface area contributed by atoms with Gasteiger partial charge in [-0.3, -0.25) is 0 Å². The lowest BCUT2D eigenvalue weighted by atomic mass is 10.1. The lowest BCUT2D eigenvalue weighted by Crippen LogP contribution is -2.33. The molecule has 0 heterocycles. The van der Waals surface area contributed by atoms with Crippen LogP contribution in [0.2, 0.25) is 0 Å². The van der Waals surface area contributed by atoms with E-state index >= 15 is 0 Å². The minimum Gasteiger partial charge on any atom is -0.393 e. The first kappa shape index (κ1) is 15.9. The number of nitrogens with one attached hydrogen (secondary N) is 2. The summed E-state index contributed by atoms with van der Waals surface area (Å²) in [7, 11) is 0. The van der Waals surface area contributed by atoms with Crippen LogP contribution in [0.3, 0.4) is 0 Å². The number of aliphatic hydroxyl groups is 1. The first-order valence-electron chi connectivity index (χ1n) is 6.06. The number of anilines is 1. The Morgan fingerprint density at radius 2 is 2.16 bits per heavy atom. The van der Waals surface area contributed by atoms with Crippen molar-refractivity contribution in [1.82, 2.24) is 5.32 Å². The summed E-state index contributed by atoms with van der Waals surface area (Å²) in [6.45, 7) is 4.05. The lowest BCUT2D eigenvalue weighted by molar-refractivity contribution is 0.163. The van der Waals surface area contributed by atoms with E-state index in [-0.39, 0.29) is 11.6 Å². The Bertz CT molecular complexity index is 441. The van der Waals surface area contributed by atoms with Crippen molar-refractivity contribution < 1.29 is 14.3 Å². The van der Waals surface area contributed by atoms with Crippen molar-refractivity contribution in [2.75, 3.05) is 11.9 Å². The fraction of sp³-hybridized carbons (Fsp3) is 0.462. The van der Waals surface area contributed by atoms with Crippen molar-refractivity contribution in [3.63, 3.8) is 0 Å². The summed E-state index contributed by atoms with van der Waals surface area (Å²) >= 11 is 3.14. The Morgan fingerprint density at radius 1 is 1.47 bits per heavy atom. The number of aliphatic hydroxyl groups excluding tert-OH is 1. The van der Waals surface area contributed by atoms with Gasteiger partial charge in [0.1, 0.15) is 5.82 Å². The average Bonchev–Trinajstić information content (AvgIpc) is 2.29. The first-order valence-corrected chi connectivity index (χ1v) is 6.85. The van der Waals surface area contributed by atoms with Crippen LogP contribution in [0.1, 0.15) is 20.3 Å². The monoisotopic (exact) mass is 332 g/mol. The smallest absolute Gasteiger partial charge is 0.319 e. The molecule has 0 fully saturated rings. The molecule has 6 heteroatoms.